The Labute approximate surface area is 411 Å². The first kappa shape index (κ1) is 56.9. The summed E-state index contributed by atoms with van der Waals surface area (Å²) in [7, 11) is 0. The van der Waals surface area contributed by atoms with Gasteiger partial charge in [-0.15, -0.1) is 0 Å². The lowest BCUT2D eigenvalue weighted by atomic mass is 9.86. The molecule has 4 aliphatic rings. The van der Waals surface area contributed by atoms with Gasteiger partial charge in [-0.2, -0.15) is 13.2 Å². The van der Waals surface area contributed by atoms with Gasteiger partial charge in [-0.05, 0) is 163 Å². The van der Waals surface area contributed by atoms with Crippen LogP contribution in [0.2, 0.25) is 0 Å². The minimum absolute atomic E-state index is 0.0319. The summed E-state index contributed by atoms with van der Waals surface area (Å²) >= 11 is 0. The monoisotopic (exact) mass is 975 g/mol. The smallest absolute Gasteiger partial charge is 0.416 e. The van der Waals surface area contributed by atoms with Gasteiger partial charge in [-0.1, -0.05) is 82.0 Å². The number of hydrogen-bond donors (Lipinski definition) is 4. The first-order valence-electron chi connectivity index (χ1n) is 26.4. The number of unbranched alkanes of at least 4 members (excludes halogenated alkanes) is 4. The Balaban J connectivity index is 0.000000284. The van der Waals surface area contributed by atoms with Crippen molar-refractivity contribution < 1.29 is 62.0 Å². The van der Waals surface area contributed by atoms with Crippen molar-refractivity contribution in [3.63, 3.8) is 0 Å². The lowest BCUT2D eigenvalue weighted by Gasteiger charge is -2.32. The van der Waals surface area contributed by atoms with Crippen molar-refractivity contribution >= 4 is 0 Å². The van der Waals surface area contributed by atoms with Crippen LogP contribution in [0.5, 0.6) is 11.5 Å². The molecule has 6 rings (SSSR count). The quantitative estimate of drug-likeness (QED) is 0.0533. The molecule has 69 heavy (non-hydrogen) atoms. The largest absolute Gasteiger partial charge is 0.491 e. The summed E-state index contributed by atoms with van der Waals surface area (Å²) in [4.78, 5) is 0. The first-order chi connectivity index (χ1) is 33.3. The standard InChI is InChI=1S/C33H49F3O6.C23H36O4/c1-2-3-4-5-6-14-27-28(30(22-29(27)37)42-32-16-8-10-20-39-32)18-17-26(41-31-15-7-9-19-38-31)23-40-25-13-11-12-24(21-25)33(34,35)36;1-3-4-5-6-7-11-20-21(23(26)15-22(20)25)13-12-18(24)16-27-19-10-8-9-17(2)14-19/h5-6,11-13,21,26-32,37H,2-4,7-10,14-20,22-23H2,1H3;6-10,14,18,20-26H,3-5,11-13,15-16H2,1-2H3/b6-5-;7-6-/t26-,27-,28-,29+,30-,31?,32?;18-,20-,21-,22+,23-/m11/s1. The van der Waals surface area contributed by atoms with Gasteiger partial charge in [-0.3, -0.25) is 0 Å². The summed E-state index contributed by atoms with van der Waals surface area (Å²) in [5.41, 5.74) is 0.382. The molecule has 10 nitrogen and oxygen atoms in total. The Morgan fingerprint density at radius 1 is 0.681 bits per heavy atom. The highest BCUT2D eigenvalue weighted by Gasteiger charge is 2.44. The summed E-state index contributed by atoms with van der Waals surface area (Å²) in [6, 6.07) is 12.7. The summed E-state index contributed by atoms with van der Waals surface area (Å²) < 4.78 is 75.8. The SMILES string of the molecule is CCCC/C=C\C[C@@H]1[C@@H](CC[C@@H](O)COc2cccc(C)c2)[C@H](O)C[C@@H]1O.CCCC/C=C\C[C@@H]1[C@@H](CC[C@H](COc2cccc(C(F)(F)F)c2)OC2CCCCO2)[C@H](OC2CCCCO2)C[C@@H]1O. The van der Waals surface area contributed by atoms with Crippen LogP contribution < -0.4 is 9.47 Å². The van der Waals surface area contributed by atoms with Crippen LogP contribution in [0, 0.1) is 30.6 Å². The molecule has 0 aromatic heterocycles. The van der Waals surface area contributed by atoms with E-state index in [0.717, 1.165) is 107 Å². The van der Waals surface area contributed by atoms with E-state index in [4.69, 9.17) is 28.4 Å². The number of rotatable bonds is 26. The van der Waals surface area contributed by atoms with Gasteiger partial charge < -0.3 is 48.8 Å². The second-order valence-corrected chi connectivity index (χ2v) is 19.8. The van der Waals surface area contributed by atoms with E-state index in [2.05, 4.69) is 38.2 Å². The third-order valence-electron chi connectivity index (χ3n) is 14.2. The van der Waals surface area contributed by atoms with E-state index in [1.165, 1.54) is 25.0 Å². The Hall–Kier alpha value is -3.01. The van der Waals surface area contributed by atoms with Gasteiger partial charge in [0.05, 0.1) is 42.2 Å². The zero-order valence-corrected chi connectivity index (χ0v) is 41.7. The number of alkyl halides is 3. The van der Waals surface area contributed by atoms with Crippen molar-refractivity contribution in [3.05, 3.63) is 84.0 Å². The average molecular weight is 975 g/mol. The van der Waals surface area contributed by atoms with E-state index in [1.54, 1.807) is 0 Å². The van der Waals surface area contributed by atoms with Gasteiger partial charge in [0.25, 0.3) is 0 Å². The Morgan fingerprint density at radius 2 is 1.26 bits per heavy atom. The topological polar surface area (TPSA) is 136 Å². The predicted molar refractivity (Wildman–Crippen MR) is 263 cm³/mol. The number of halogens is 3. The average Bonchev–Trinajstić information content (AvgIpc) is 3.78. The summed E-state index contributed by atoms with van der Waals surface area (Å²) in [6.07, 6.45) is 18.8. The number of aryl methyl sites for hydroxylation is 1. The van der Waals surface area contributed by atoms with Crippen LogP contribution in [0.1, 0.15) is 153 Å². The zero-order chi connectivity index (χ0) is 49.4. The molecule has 2 aromatic rings. The van der Waals surface area contributed by atoms with Gasteiger partial charge in [0.15, 0.2) is 12.6 Å². The molecule has 2 aliphatic heterocycles. The van der Waals surface area contributed by atoms with Crippen LogP contribution in [0.25, 0.3) is 0 Å². The molecule has 2 heterocycles. The normalized spacial score (nSPS) is 28.4. The predicted octanol–water partition coefficient (Wildman–Crippen LogP) is 11.8. The maximum absolute atomic E-state index is 13.2. The van der Waals surface area contributed by atoms with Crippen LogP contribution >= 0.6 is 0 Å². The van der Waals surface area contributed by atoms with Crippen LogP contribution in [0.4, 0.5) is 13.2 Å². The van der Waals surface area contributed by atoms with Crippen molar-refractivity contribution in [1.82, 2.24) is 0 Å². The molecule has 2 saturated carbocycles. The Bertz CT molecular complexity index is 1750. The molecular formula is C56H85F3O10. The molecule has 12 atom stereocenters. The third kappa shape index (κ3) is 20.2. The number of ether oxygens (including phenoxy) is 6. The van der Waals surface area contributed by atoms with Gasteiger partial charge in [0.1, 0.15) is 24.7 Å². The first-order valence-corrected chi connectivity index (χ1v) is 26.4. The van der Waals surface area contributed by atoms with Crippen LogP contribution in [-0.2, 0) is 25.1 Å². The van der Waals surface area contributed by atoms with Gasteiger partial charge >= 0.3 is 6.18 Å². The molecule has 13 heteroatoms. The highest BCUT2D eigenvalue weighted by molar-refractivity contribution is 5.30. The molecule has 2 saturated heterocycles. The van der Waals surface area contributed by atoms with Gasteiger partial charge in [0.2, 0.25) is 0 Å². The van der Waals surface area contributed by atoms with Crippen LogP contribution in [0.15, 0.2) is 72.8 Å². The van der Waals surface area contributed by atoms with Gasteiger partial charge in [0, 0.05) is 19.6 Å². The second-order valence-electron chi connectivity index (χ2n) is 19.8. The zero-order valence-electron chi connectivity index (χ0n) is 41.7. The van der Waals surface area contributed by atoms with Crippen molar-refractivity contribution in [2.75, 3.05) is 26.4 Å². The molecule has 0 amide bonds. The lowest BCUT2D eigenvalue weighted by Crippen LogP contribution is -2.34. The minimum atomic E-state index is -4.44. The molecule has 4 fully saturated rings. The highest BCUT2D eigenvalue weighted by atomic mass is 19.4. The number of allylic oxidation sites excluding steroid dienone is 4. The minimum Gasteiger partial charge on any atom is -0.491 e. The fraction of sp³-hybridized carbons (Fsp3) is 0.714. The third-order valence-corrected chi connectivity index (χ3v) is 14.2. The van der Waals surface area contributed by atoms with E-state index in [1.807, 2.05) is 31.2 Å². The van der Waals surface area contributed by atoms with E-state index in [9.17, 15) is 33.6 Å². The molecular weight excluding hydrogens is 890 g/mol. The van der Waals surface area contributed by atoms with Crippen molar-refractivity contribution in [3.8, 4) is 11.5 Å². The van der Waals surface area contributed by atoms with E-state index < -0.39 is 36.2 Å². The highest BCUT2D eigenvalue weighted by Crippen LogP contribution is 2.42. The maximum Gasteiger partial charge on any atom is 0.416 e. The molecule has 2 aromatic carbocycles. The number of benzene rings is 2. The fourth-order valence-corrected chi connectivity index (χ4v) is 10.3. The summed E-state index contributed by atoms with van der Waals surface area (Å²) in [5.74, 6) is 1.17. The Morgan fingerprint density at radius 3 is 1.88 bits per heavy atom. The van der Waals surface area contributed by atoms with E-state index >= 15 is 0 Å². The number of aliphatic hydroxyl groups excluding tert-OH is 4. The fourth-order valence-electron chi connectivity index (χ4n) is 10.3. The molecule has 2 unspecified atom stereocenters. The molecule has 0 radical (unpaired) electrons. The second kappa shape index (κ2) is 30.8. The van der Waals surface area contributed by atoms with Crippen LogP contribution in [0.3, 0.4) is 0 Å². The summed E-state index contributed by atoms with van der Waals surface area (Å²) in [5, 5.41) is 42.0. The molecule has 0 spiro atoms. The van der Waals surface area contributed by atoms with E-state index in [-0.39, 0.29) is 67.4 Å². The molecule has 4 N–H and O–H groups in total. The van der Waals surface area contributed by atoms with Crippen molar-refractivity contribution in [2.24, 2.45) is 23.7 Å². The summed E-state index contributed by atoms with van der Waals surface area (Å²) in [6.45, 7) is 8.03. The Kier molecular flexibility index (Phi) is 25.4. The number of hydrogen-bond acceptors (Lipinski definition) is 10. The van der Waals surface area contributed by atoms with Crippen LogP contribution in [-0.4, -0.2) is 96.1 Å². The molecule has 2 aliphatic carbocycles. The van der Waals surface area contributed by atoms with Crippen molar-refractivity contribution in [1.29, 1.82) is 0 Å². The maximum atomic E-state index is 13.2. The van der Waals surface area contributed by atoms with Gasteiger partial charge in [-0.25, -0.2) is 0 Å². The van der Waals surface area contributed by atoms with Crippen molar-refractivity contribution in [2.45, 2.75) is 205 Å². The van der Waals surface area contributed by atoms with E-state index in [0.29, 0.717) is 45.3 Å². The number of aliphatic hydroxyl groups is 4. The lowest BCUT2D eigenvalue weighted by molar-refractivity contribution is -0.202. The molecule has 390 valence electrons. The molecule has 0 bridgehead atoms.